The minimum Gasteiger partial charge on any atom is -0.471 e. The van der Waals surface area contributed by atoms with E-state index in [1.54, 1.807) is 0 Å². The van der Waals surface area contributed by atoms with Crippen LogP contribution in [-0.4, -0.2) is 49.7 Å². The molecule has 0 spiro atoms. The average Bonchev–Trinajstić information content (AvgIpc) is 2.27. The molecule has 0 radical (unpaired) electrons. The average molecular weight is 275 g/mol. The summed E-state index contributed by atoms with van der Waals surface area (Å²) in [5.74, 6) is -0.121. The molecular weight excluding hydrogens is 246 g/mol. The van der Waals surface area contributed by atoms with Crippen molar-refractivity contribution in [2.24, 2.45) is 0 Å². The fourth-order valence-corrected chi connectivity index (χ4v) is 1.46. The topological polar surface area (TPSA) is 55.8 Å². The van der Waals surface area contributed by atoms with Crippen LogP contribution in [0.15, 0.2) is 0 Å². The smallest absolute Gasteiger partial charge is 0.320 e. The van der Waals surface area contributed by atoms with Crippen molar-refractivity contribution >= 4 is 12.4 Å². The molecule has 5 heteroatoms. The van der Waals surface area contributed by atoms with Crippen LogP contribution in [0.25, 0.3) is 0 Å². The van der Waals surface area contributed by atoms with Gasteiger partial charge in [0.05, 0.1) is 13.7 Å². The molecule has 0 fully saturated rings. The van der Waals surface area contributed by atoms with Crippen LogP contribution >= 0.6 is 0 Å². The van der Waals surface area contributed by atoms with Crippen molar-refractivity contribution in [2.45, 2.75) is 53.1 Å². The third kappa shape index (κ3) is 16.9. The highest BCUT2D eigenvalue weighted by Crippen LogP contribution is 2.07. The molecule has 19 heavy (non-hydrogen) atoms. The first-order valence-electron chi connectivity index (χ1n) is 6.71. The first-order valence-corrected chi connectivity index (χ1v) is 6.71. The van der Waals surface area contributed by atoms with Gasteiger partial charge in [-0.25, -0.2) is 0 Å². The molecule has 0 heterocycles. The molecule has 0 N–H and O–H groups in total. The molecule has 114 valence electrons. The van der Waals surface area contributed by atoms with Gasteiger partial charge in [0.1, 0.15) is 5.60 Å². The number of rotatable bonds is 7. The first kappa shape index (κ1) is 20.2. The molecule has 0 aliphatic rings. The number of hydrogen-bond acceptors (Lipinski definition) is 5. The maximum atomic E-state index is 11.6. The summed E-state index contributed by atoms with van der Waals surface area (Å²) in [5, 5.41) is 0. The Balaban J connectivity index is 0. The molecule has 0 saturated carbocycles. The third-order valence-electron chi connectivity index (χ3n) is 1.95. The molecule has 0 aliphatic heterocycles. The summed E-state index contributed by atoms with van der Waals surface area (Å²) in [4.78, 5) is 22.7. The van der Waals surface area contributed by atoms with Crippen LogP contribution in [0.1, 0.15) is 47.5 Å². The molecule has 0 rings (SSSR count). The fraction of sp³-hybridized carbons (Fsp3) is 0.857. The van der Waals surface area contributed by atoms with E-state index in [4.69, 9.17) is 9.53 Å². The number of ether oxygens (including phenoxy) is 2. The summed E-state index contributed by atoms with van der Waals surface area (Å²) in [5.41, 5.74) is -0.374. The Kier molecular flexibility index (Phi) is 12.7. The molecule has 0 atom stereocenters. The van der Waals surface area contributed by atoms with Crippen molar-refractivity contribution in [2.75, 3.05) is 26.7 Å². The van der Waals surface area contributed by atoms with Crippen molar-refractivity contribution in [3.05, 3.63) is 0 Å². The third-order valence-corrected chi connectivity index (χ3v) is 1.95. The molecule has 0 bridgehead atoms. The van der Waals surface area contributed by atoms with Gasteiger partial charge in [-0.3, -0.25) is 14.5 Å². The van der Waals surface area contributed by atoms with Crippen molar-refractivity contribution in [3.8, 4) is 0 Å². The van der Waals surface area contributed by atoms with E-state index in [2.05, 4.69) is 23.5 Å². The van der Waals surface area contributed by atoms with Crippen LogP contribution < -0.4 is 0 Å². The van der Waals surface area contributed by atoms with E-state index in [-0.39, 0.29) is 11.6 Å². The maximum absolute atomic E-state index is 11.6. The van der Waals surface area contributed by atoms with Gasteiger partial charge < -0.3 is 9.47 Å². The summed E-state index contributed by atoms with van der Waals surface area (Å²) in [6.45, 7) is 12.7. The van der Waals surface area contributed by atoms with E-state index in [9.17, 15) is 4.79 Å². The van der Waals surface area contributed by atoms with Gasteiger partial charge in [-0.05, 0) is 46.7 Å². The second-order valence-electron chi connectivity index (χ2n) is 5.19. The Morgan fingerprint density at radius 3 is 1.84 bits per heavy atom. The number of nitrogens with zero attached hydrogens (tertiary/aromatic N) is 1. The summed E-state index contributed by atoms with van der Waals surface area (Å²) in [6, 6.07) is 0. The van der Waals surface area contributed by atoms with Gasteiger partial charge in [0.25, 0.3) is 6.47 Å². The lowest BCUT2D eigenvalue weighted by Crippen LogP contribution is -2.35. The second kappa shape index (κ2) is 12.0. The molecule has 0 unspecified atom stereocenters. The molecule has 0 aromatic rings. The molecule has 0 aromatic carbocycles. The summed E-state index contributed by atoms with van der Waals surface area (Å²) in [7, 11) is 1.31. The van der Waals surface area contributed by atoms with Crippen LogP contribution in [0.4, 0.5) is 0 Å². The van der Waals surface area contributed by atoms with E-state index < -0.39 is 0 Å². The summed E-state index contributed by atoms with van der Waals surface area (Å²) >= 11 is 0. The van der Waals surface area contributed by atoms with Crippen LogP contribution in [-0.2, 0) is 19.1 Å². The molecule has 5 nitrogen and oxygen atoms in total. The lowest BCUT2D eigenvalue weighted by atomic mass is 10.2. The SMILES string of the molecule is CCCN(CCC)CC(=O)OC(C)(C)C.COC=O. The number of carbonyl (C=O) groups excluding carboxylic acids is 2. The fourth-order valence-electron chi connectivity index (χ4n) is 1.46. The lowest BCUT2D eigenvalue weighted by molar-refractivity contribution is -0.156. The zero-order valence-corrected chi connectivity index (χ0v) is 13.2. The molecule has 0 saturated heterocycles. The predicted octanol–water partition coefficient (Wildman–Crippen LogP) is 2.24. The highest BCUT2D eigenvalue weighted by molar-refractivity contribution is 5.72. The Morgan fingerprint density at radius 1 is 1.16 bits per heavy atom. The minimum absolute atomic E-state index is 0.121. The van der Waals surface area contributed by atoms with Crippen molar-refractivity contribution in [1.82, 2.24) is 4.90 Å². The summed E-state index contributed by atoms with van der Waals surface area (Å²) < 4.78 is 9.14. The number of esters is 1. The Labute approximate surface area is 117 Å². The van der Waals surface area contributed by atoms with Crippen LogP contribution in [0.5, 0.6) is 0 Å². The second-order valence-corrected chi connectivity index (χ2v) is 5.19. The van der Waals surface area contributed by atoms with Gasteiger partial charge in [0.2, 0.25) is 0 Å². The normalized spacial score (nSPS) is 10.5. The van der Waals surface area contributed by atoms with Crippen LogP contribution in [0.3, 0.4) is 0 Å². The Morgan fingerprint density at radius 2 is 1.58 bits per heavy atom. The highest BCUT2D eigenvalue weighted by Gasteiger charge is 2.18. The minimum atomic E-state index is -0.374. The zero-order valence-electron chi connectivity index (χ0n) is 13.2. The Bertz CT molecular complexity index is 230. The molecule has 0 aromatic heterocycles. The van der Waals surface area contributed by atoms with E-state index in [1.165, 1.54) is 7.11 Å². The van der Waals surface area contributed by atoms with Gasteiger partial charge in [0, 0.05) is 0 Å². The first-order chi connectivity index (χ1) is 8.80. The maximum Gasteiger partial charge on any atom is 0.320 e. The van der Waals surface area contributed by atoms with E-state index >= 15 is 0 Å². The van der Waals surface area contributed by atoms with Gasteiger partial charge in [-0.15, -0.1) is 0 Å². The number of hydrogen-bond donors (Lipinski definition) is 0. The van der Waals surface area contributed by atoms with Crippen LogP contribution in [0, 0.1) is 0 Å². The zero-order chi connectivity index (χ0) is 15.3. The van der Waals surface area contributed by atoms with E-state index in [0.29, 0.717) is 13.0 Å². The van der Waals surface area contributed by atoms with E-state index in [0.717, 1.165) is 25.9 Å². The quantitative estimate of drug-likeness (QED) is 0.527. The largest absolute Gasteiger partial charge is 0.471 e. The van der Waals surface area contributed by atoms with Crippen molar-refractivity contribution in [1.29, 1.82) is 0 Å². The van der Waals surface area contributed by atoms with Crippen molar-refractivity contribution in [3.63, 3.8) is 0 Å². The van der Waals surface area contributed by atoms with Crippen molar-refractivity contribution < 1.29 is 19.1 Å². The molecule has 0 amide bonds. The molecule has 0 aliphatic carbocycles. The molecular formula is C14H29NO4. The predicted molar refractivity (Wildman–Crippen MR) is 75.9 cm³/mol. The Hall–Kier alpha value is -1.10. The standard InChI is InChI=1S/C12H25NO2.C2H4O2/c1-6-8-13(9-7-2)10-11(14)15-12(3,4)5;1-4-2-3/h6-10H2,1-5H3;2H,1H3. The lowest BCUT2D eigenvalue weighted by Gasteiger charge is -2.24. The van der Waals surface area contributed by atoms with Gasteiger partial charge in [0.15, 0.2) is 0 Å². The summed E-state index contributed by atoms with van der Waals surface area (Å²) in [6.07, 6.45) is 2.14. The number of carbonyl (C=O) groups is 2. The monoisotopic (exact) mass is 275 g/mol. The number of methoxy groups -OCH3 is 1. The highest BCUT2D eigenvalue weighted by atomic mass is 16.6. The van der Waals surface area contributed by atoms with Crippen LogP contribution in [0.2, 0.25) is 0 Å². The van der Waals surface area contributed by atoms with Gasteiger partial charge in [-0.2, -0.15) is 0 Å². The van der Waals surface area contributed by atoms with Gasteiger partial charge >= 0.3 is 5.97 Å². The van der Waals surface area contributed by atoms with E-state index in [1.807, 2.05) is 20.8 Å². The van der Waals surface area contributed by atoms with Gasteiger partial charge in [-0.1, -0.05) is 13.8 Å².